The lowest BCUT2D eigenvalue weighted by molar-refractivity contribution is -0.160. The molecule has 10 heteroatoms. The molecule has 2 aliphatic carbocycles. The second-order valence-electron chi connectivity index (χ2n) is 14.1. The summed E-state index contributed by atoms with van der Waals surface area (Å²) in [7, 11) is -6.28. The second-order valence-corrected chi connectivity index (χ2v) is 20.7. The molecular formula is C33H49O8PSi. The zero-order valence-corrected chi connectivity index (χ0v) is 28.5. The number of cyclic esters (lactones) is 1. The lowest BCUT2D eigenvalue weighted by Crippen LogP contribution is -2.47. The summed E-state index contributed by atoms with van der Waals surface area (Å²) < 4.78 is 36.3. The Morgan fingerprint density at radius 2 is 1.81 bits per heavy atom. The fraction of sp³-hybridized carbons (Fsp3) is 0.636. The van der Waals surface area contributed by atoms with Crippen molar-refractivity contribution in [1.29, 1.82) is 0 Å². The van der Waals surface area contributed by atoms with E-state index in [0.717, 1.165) is 12.0 Å². The molecular weight excluding hydrogens is 583 g/mol. The Kier molecular flexibility index (Phi) is 10.5. The van der Waals surface area contributed by atoms with Crippen LogP contribution in [0, 0.1) is 23.7 Å². The summed E-state index contributed by atoms with van der Waals surface area (Å²) in [5.41, 5.74) is 1.13. The van der Waals surface area contributed by atoms with Crippen molar-refractivity contribution in [3.05, 3.63) is 54.1 Å². The zero-order chi connectivity index (χ0) is 31.6. The van der Waals surface area contributed by atoms with E-state index >= 15 is 0 Å². The standard InChI is InChI=1S/C33H49O8PSi/c1-22-17-24-14-13-23(2)28(16-15-26-19-27(20-30(34)38-26)41-43(6,7)33(3,4)5)32(24)29(18-22)39-31(35)21-42(36,37)40-25-11-9-8-10-12-25/h8-14,17,22-23,26-29,32H,15-16,18-21H2,1-7H3,(H,36,37)/t22-,23-,26+,27+,28-,29-,32-/m0/s1. The summed E-state index contributed by atoms with van der Waals surface area (Å²) >= 11 is 0. The molecule has 0 amide bonds. The molecule has 1 saturated heterocycles. The third-order valence-corrected chi connectivity index (χ3v) is 15.2. The average Bonchev–Trinajstić information content (AvgIpc) is 2.87. The van der Waals surface area contributed by atoms with Gasteiger partial charge in [0.05, 0.1) is 12.5 Å². The monoisotopic (exact) mass is 632 g/mol. The van der Waals surface area contributed by atoms with Crippen molar-refractivity contribution in [1.82, 2.24) is 0 Å². The van der Waals surface area contributed by atoms with Crippen LogP contribution in [0.15, 0.2) is 54.1 Å². The minimum Gasteiger partial charge on any atom is -0.462 e. The number of rotatable bonds is 10. The Morgan fingerprint density at radius 3 is 2.49 bits per heavy atom. The maximum Gasteiger partial charge on any atom is 0.387 e. The van der Waals surface area contributed by atoms with Crippen molar-refractivity contribution in [2.24, 2.45) is 23.7 Å². The smallest absolute Gasteiger partial charge is 0.387 e. The predicted octanol–water partition coefficient (Wildman–Crippen LogP) is 7.44. The predicted molar refractivity (Wildman–Crippen MR) is 169 cm³/mol. The first-order valence-corrected chi connectivity index (χ1v) is 20.2. The van der Waals surface area contributed by atoms with Crippen LogP contribution in [0.25, 0.3) is 0 Å². The van der Waals surface area contributed by atoms with Gasteiger partial charge in [-0.25, -0.2) is 4.57 Å². The van der Waals surface area contributed by atoms with Crippen LogP contribution in [0.5, 0.6) is 5.75 Å². The van der Waals surface area contributed by atoms with Gasteiger partial charge in [-0.1, -0.05) is 71.0 Å². The molecule has 0 aromatic heterocycles. The van der Waals surface area contributed by atoms with Gasteiger partial charge >= 0.3 is 19.5 Å². The third-order valence-electron chi connectivity index (χ3n) is 9.51. The number of benzene rings is 1. The SMILES string of the molecule is C[C@H]1C=C2C=C[C@H](C)[C@H](CC[C@@H]3C[C@@H](O[Si](C)(C)C(C)(C)C)CC(=O)O3)[C@H]2[C@@H](OC(=O)CP(=O)(O)Oc2ccccc2)C1. The summed E-state index contributed by atoms with van der Waals surface area (Å²) in [6.45, 7) is 15.3. The van der Waals surface area contributed by atoms with E-state index < -0.39 is 34.1 Å². The summed E-state index contributed by atoms with van der Waals surface area (Å²) in [6.07, 6.45) is 8.16. The van der Waals surface area contributed by atoms with E-state index in [9.17, 15) is 19.0 Å². The highest BCUT2D eigenvalue weighted by atomic mass is 31.2. The van der Waals surface area contributed by atoms with Crippen LogP contribution in [-0.4, -0.2) is 49.6 Å². The number of fused-ring (bicyclic) bond motifs is 1. The summed E-state index contributed by atoms with van der Waals surface area (Å²) in [6, 6.07) is 8.30. The van der Waals surface area contributed by atoms with Gasteiger partial charge < -0.3 is 23.3 Å². The first-order chi connectivity index (χ1) is 20.0. The van der Waals surface area contributed by atoms with E-state index in [1.165, 1.54) is 0 Å². The number of esters is 2. The molecule has 1 fully saturated rings. The molecule has 0 bridgehead atoms. The molecule has 3 aliphatic rings. The van der Waals surface area contributed by atoms with Crippen LogP contribution in [0.4, 0.5) is 0 Å². The van der Waals surface area contributed by atoms with E-state index in [1.54, 1.807) is 30.3 Å². The van der Waals surface area contributed by atoms with Crippen LogP contribution < -0.4 is 4.52 Å². The van der Waals surface area contributed by atoms with Crippen LogP contribution in [-0.2, 0) is 28.1 Å². The van der Waals surface area contributed by atoms with Crippen molar-refractivity contribution < 1.29 is 37.5 Å². The fourth-order valence-electron chi connectivity index (χ4n) is 6.35. The second kappa shape index (κ2) is 13.4. The van der Waals surface area contributed by atoms with E-state index in [-0.39, 0.29) is 52.6 Å². The van der Waals surface area contributed by atoms with E-state index in [1.807, 2.05) is 0 Å². The lowest BCUT2D eigenvalue weighted by Gasteiger charge is -2.44. The first kappa shape index (κ1) is 33.7. The highest BCUT2D eigenvalue weighted by Gasteiger charge is 2.44. The Hall–Kier alpha value is -2.19. The van der Waals surface area contributed by atoms with Gasteiger partial charge in [0.25, 0.3) is 0 Å². The Labute approximate surface area is 257 Å². The van der Waals surface area contributed by atoms with Gasteiger partial charge in [0.2, 0.25) is 0 Å². The quantitative estimate of drug-likeness (QED) is 0.161. The van der Waals surface area contributed by atoms with Crippen LogP contribution in [0.2, 0.25) is 18.1 Å². The highest BCUT2D eigenvalue weighted by Crippen LogP contribution is 2.47. The maximum absolute atomic E-state index is 13.0. The number of allylic oxidation sites excluding steroid dienone is 3. The molecule has 8 nitrogen and oxygen atoms in total. The van der Waals surface area contributed by atoms with Gasteiger partial charge in [0.1, 0.15) is 18.0 Å². The normalized spacial score (nSPS) is 30.8. The molecule has 1 aliphatic heterocycles. The Balaban J connectivity index is 1.42. The molecule has 1 N–H and O–H groups in total. The number of para-hydroxylation sites is 1. The molecule has 4 rings (SSSR count). The van der Waals surface area contributed by atoms with Crippen molar-refractivity contribution in [2.75, 3.05) is 6.16 Å². The summed E-state index contributed by atoms with van der Waals surface area (Å²) in [5.74, 6) is -0.202. The minimum absolute atomic E-state index is 0.0492. The number of hydrogen-bond acceptors (Lipinski definition) is 7. The first-order valence-electron chi connectivity index (χ1n) is 15.6. The molecule has 1 unspecified atom stereocenters. The molecule has 1 heterocycles. The Morgan fingerprint density at radius 1 is 1.12 bits per heavy atom. The topological polar surface area (TPSA) is 108 Å². The van der Waals surface area contributed by atoms with Crippen molar-refractivity contribution >= 4 is 27.9 Å². The fourth-order valence-corrected chi connectivity index (χ4v) is 8.63. The molecule has 1 aromatic carbocycles. The van der Waals surface area contributed by atoms with E-state index in [0.29, 0.717) is 25.7 Å². The lowest BCUT2D eigenvalue weighted by atomic mass is 9.65. The molecule has 43 heavy (non-hydrogen) atoms. The minimum atomic E-state index is -4.25. The number of carbonyl (C=O) groups excluding carboxylic acids is 2. The maximum atomic E-state index is 13.0. The van der Waals surface area contributed by atoms with Crippen LogP contribution in [0.3, 0.4) is 0 Å². The van der Waals surface area contributed by atoms with Crippen LogP contribution in [0.1, 0.15) is 66.7 Å². The van der Waals surface area contributed by atoms with E-state index in [2.05, 4.69) is 65.9 Å². The van der Waals surface area contributed by atoms with E-state index in [4.69, 9.17) is 18.4 Å². The largest absolute Gasteiger partial charge is 0.462 e. The third kappa shape index (κ3) is 8.93. The summed E-state index contributed by atoms with van der Waals surface area (Å²) in [5, 5.41) is 0.0540. The summed E-state index contributed by atoms with van der Waals surface area (Å²) in [4.78, 5) is 36.0. The molecule has 8 atom stereocenters. The average molecular weight is 633 g/mol. The number of carbonyl (C=O) groups is 2. The van der Waals surface area contributed by atoms with Gasteiger partial charge in [-0.15, -0.1) is 0 Å². The van der Waals surface area contributed by atoms with Crippen molar-refractivity contribution in [3.8, 4) is 5.75 Å². The van der Waals surface area contributed by atoms with Gasteiger partial charge in [-0.05, 0) is 72.9 Å². The molecule has 0 spiro atoms. The Bertz CT molecular complexity index is 1250. The number of hydrogen-bond donors (Lipinski definition) is 1. The van der Waals surface area contributed by atoms with Crippen molar-refractivity contribution in [3.63, 3.8) is 0 Å². The van der Waals surface area contributed by atoms with Gasteiger partial charge in [-0.3, -0.25) is 9.59 Å². The van der Waals surface area contributed by atoms with Gasteiger partial charge in [-0.2, -0.15) is 0 Å². The molecule has 0 saturated carbocycles. The van der Waals surface area contributed by atoms with Crippen LogP contribution >= 0.6 is 7.60 Å². The highest BCUT2D eigenvalue weighted by molar-refractivity contribution is 7.54. The van der Waals surface area contributed by atoms with Gasteiger partial charge in [0.15, 0.2) is 14.5 Å². The number of ether oxygens (including phenoxy) is 2. The van der Waals surface area contributed by atoms with Gasteiger partial charge in [0, 0.05) is 12.3 Å². The zero-order valence-electron chi connectivity index (χ0n) is 26.7. The molecule has 0 radical (unpaired) electrons. The molecule has 1 aromatic rings. The van der Waals surface area contributed by atoms with Crippen molar-refractivity contribution in [2.45, 2.75) is 103 Å². The molecule has 238 valence electrons.